The highest BCUT2D eigenvalue weighted by Crippen LogP contribution is 2.32. The summed E-state index contributed by atoms with van der Waals surface area (Å²) in [6.45, 7) is 5.19. The molecule has 0 saturated carbocycles. The summed E-state index contributed by atoms with van der Waals surface area (Å²) in [4.78, 5) is 4.59. The highest BCUT2D eigenvalue weighted by molar-refractivity contribution is 14.0. The standard InChI is InChI=1S/C16H27ClN4O4S2.HI/c1-2-18-15(20-11-16(5-9-22)6-10-25-12-16)19-7-8-21-27(23,24)14-4-3-13(17)26-14;/h3-4,21-22H,2,5-12H2,1H3,(H2,18,19,20);1H. The minimum atomic E-state index is -3.55. The number of aliphatic hydroxyl groups is 1. The first-order chi connectivity index (χ1) is 12.9. The number of nitrogens with zero attached hydrogens (tertiary/aromatic N) is 1. The Morgan fingerprint density at radius 1 is 1.39 bits per heavy atom. The average molecular weight is 567 g/mol. The molecule has 12 heteroatoms. The number of rotatable bonds is 10. The summed E-state index contributed by atoms with van der Waals surface area (Å²) in [5.74, 6) is 0.611. The van der Waals surface area contributed by atoms with Crippen LogP contribution in [0.1, 0.15) is 19.8 Å². The van der Waals surface area contributed by atoms with Crippen molar-refractivity contribution in [3.63, 3.8) is 0 Å². The van der Waals surface area contributed by atoms with Crippen LogP contribution in [0.3, 0.4) is 0 Å². The second-order valence-electron chi connectivity index (χ2n) is 6.35. The van der Waals surface area contributed by atoms with Gasteiger partial charge in [0.25, 0.3) is 0 Å². The summed E-state index contributed by atoms with van der Waals surface area (Å²) in [6.07, 6.45) is 1.53. The smallest absolute Gasteiger partial charge is 0.250 e. The Morgan fingerprint density at radius 3 is 2.75 bits per heavy atom. The lowest BCUT2D eigenvalue weighted by atomic mass is 9.84. The first-order valence-corrected chi connectivity index (χ1v) is 11.5. The quantitative estimate of drug-likeness (QED) is 0.148. The minimum Gasteiger partial charge on any atom is -0.396 e. The van der Waals surface area contributed by atoms with Crippen molar-refractivity contribution < 1.29 is 18.3 Å². The Bertz CT molecular complexity index is 724. The molecule has 0 aromatic carbocycles. The number of ether oxygens (including phenoxy) is 1. The van der Waals surface area contributed by atoms with E-state index in [4.69, 9.17) is 16.3 Å². The SMILES string of the molecule is CCNC(=NCC1(CCO)CCOC1)NCCNS(=O)(=O)c1ccc(Cl)s1.I. The van der Waals surface area contributed by atoms with Crippen LogP contribution in [0.15, 0.2) is 21.3 Å². The molecule has 8 nitrogen and oxygen atoms in total. The topological polar surface area (TPSA) is 112 Å². The maximum atomic E-state index is 12.2. The van der Waals surface area contributed by atoms with Crippen molar-refractivity contribution in [2.75, 3.05) is 46.0 Å². The molecule has 0 bridgehead atoms. The van der Waals surface area contributed by atoms with E-state index in [1.807, 2.05) is 6.92 Å². The van der Waals surface area contributed by atoms with Crippen LogP contribution in [0, 0.1) is 5.41 Å². The highest BCUT2D eigenvalue weighted by atomic mass is 127. The molecule has 2 heterocycles. The summed E-state index contributed by atoms with van der Waals surface area (Å²) in [6, 6.07) is 3.04. The van der Waals surface area contributed by atoms with Crippen molar-refractivity contribution in [2.45, 2.75) is 24.0 Å². The molecule has 1 aliphatic heterocycles. The maximum Gasteiger partial charge on any atom is 0.250 e. The van der Waals surface area contributed by atoms with Gasteiger partial charge in [-0.15, -0.1) is 35.3 Å². The van der Waals surface area contributed by atoms with Crippen LogP contribution in [0.5, 0.6) is 0 Å². The van der Waals surface area contributed by atoms with Gasteiger partial charge in [-0.05, 0) is 31.9 Å². The molecule has 162 valence electrons. The number of aliphatic hydroxyl groups excluding tert-OH is 1. The Labute approximate surface area is 192 Å². The second-order valence-corrected chi connectivity index (χ2v) is 10.1. The molecule has 4 N–H and O–H groups in total. The van der Waals surface area contributed by atoms with Crippen molar-refractivity contribution in [2.24, 2.45) is 10.4 Å². The normalized spacial score (nSPS) is 20.0. The molecular weight excluding hydrogens is 539 g/mol. The van der Waals surface area contributed by atoms with Crippen molar-refractivity contribution in [1.82, 2.24) is 15.4 Å². The fourth-order valence-electron chi connectivity index (χ4n) is 2.76. The summed E-state index contributed by atoms with van der Waals surface area (Å²) in [5.41, 5.74) is -0.128. The van der Waals surface area contributed by atoms with E-state index >= 15 is 0 Å². The lowest BCUT2D eigenvalue weighted by Crippen LogP contribution is -2.42. The monoisotopic (exact) mass is 566 g/mol. The lowest BCUT2D eigenvalue weighted by Gasteiger charge is -2.24. The molecular formula is C16H28ClIN4O4S2. The molecule has 1 unspecified atom stereocenters. The van der Waals surface area contributed by atoms with Gasteiger partial charge in [-0.25, -0.2) is 13.1 Å². The van der Waals surface area contributed by atoms with Crippen molar-refractivity contribution in [3.05, 3.63) is 16.5 Å². The number of nitrogens with one attached hydrogen (secondary N) is 3. The van der Waals surface area contributed by atoms with Gasteiger partial charge in [-0.1, -0.05) is 11.6 Å². The number of sulfonamides is 1. The fraction of sp³-hybridized carbons (Fsp3) is 0.688. The summed E-state index contributed by atoms with van der Waals surface area (Å²) >= 11 is 6.81. The summed E-state index contributed by atoms with van der Waals surface area (Å²) in [7, 11) is -3.55. The average Bonchev–Trinajstić information content (AvgIpc) is 3.27. The number of hydrogen-bond donors (Lipinski definition) is 4. The van der Waals surface area contributed by atoms with E-state index in [0.29, 0.717) is 49.6 Å². The molecule has 1 aromatic heterocycles. The van der Waals surface area contributed by atoms with Crippen LogP contribution in [0.4, 0.5) is 0 Å². The number of thiophene rings is 1. The lowest BCUT2D eigenvalue weighted by molar-refractivity contribution is 0.131. The summed E-state index contributed by atoms with van der Waals surface area (Å²) in [5, 5.41) is 15.6. The molecule has 1 saturated heterocycles. The number of aliphatic imine (C=N–C) groups is 1. The molecule has 0 aliphatic carbocycles. The minimum absolute atomic E-state index is 0. The highest BCUT2D eigenvalue weighted by Gasteiger charge is 2.34. The van der Waals surface area contributed by atoms with Crippen LogP contribution < -0.4 is 15.4 Å². The zero-order valence-electron chi connectivity index (χ0n) is 15.7. The fourth-order valence-corrected chi connectivity index (χ4v) is 5.31. The van der Waals surface area contributed by atoms with Gasteiger partial charge in [0.05, 0.1) is 17.5 Å². The van der Waals surface area contributed by atoms with Gasteiger partial charge in [-0.2, -0.15) is 0 Å². The second kappa shape index (κ2) is 12.5. The molecule has 2 rings (SSSR count). The van der Waals surface area contributed by atoms with E-state index in [1.54, 1.807) is 6.07 Å². The van der Waals surface area contributed by atoms with Gasteiger partial charge >= 0.3 is 0 Å². The van der Waals surface area contributed by atoms with Crippen molar-refractivity contribution in [1.29, 1.82) is 0 Å². The van der Waals surface area contributed by atoms with Gasteiger partial charge in [0.2, 0.25) is 10.0 Å². The Morgan fingerprint density at radius 2 is 2.18 bits per heavy atom. The van der Waals surface area contributed by atoms with E-state index in [0.717, 1.165) is 17.8 Å². The Balaban J connectivity index is 0.00000392. The molecule has 1 fully saturated rings. The number of hydrogen-bond acceptors (Lipinski definition) is 6. The molecule has 1 atom stereocenters. The third-order valence-corrected chi connectivity index (χ3v) is 7.45. The summed E-state index contributed by atoms with van der Waals surface area (Å²) < 4.78 is 33.0. The molecule has 0 spiro atoms. The van der Waals surface area contributed by atoms with Crippen LogP contribution >= 0.6 is 46.9 Å². The predicted octanol–water partition coefficient (Wildman–Crippen LogP) is 1.64. The predicted molar refractivity (Wildman–Crippen MR) is 123 cm³/mol. The van der Waals surface area contributed by atoms with Crippen LogP contribution in [-0.2, 0) is 14.8 Å². The van der Waals surface area contributed by atoms with Gasteiger partial charge in [0.1, 0.15) is 4.21 Å². The Kier molecular flexibility index (Phi) is 11.5. The van der Waals surface area contributed by atoms with E-state index < -0.39 is 10.0 Å². The van der Waals surface area contributed by atoms with Crippen LogP contribution in [0.2, 0.25) is 4.34 Å². The number of guanidine groups is 1. The zero-order valence-corrected chi connectivity index (χ0v) is 20.5. The third kappa shape index (κ3) is 7.92. The van der Waals surface area contributed by atoms with E-state index in [1.165, 1.54) is 6.07 Å². The third-order valence-electron chi connectivity index (χ3n) is 4.27. The Hall–Kier alpha value is -0.180. The molecule has 1 aliphatic rings. The molecule has 1 aromatic rings. The van der Waals surface area contributed by atoms with Gasteiger partial charge in [0, 0.05) is 38.3 Å². The maximum absolute atomic E-state index is 12.2. The van der Waals surface area contributed by atoms with E-state index in [-0.39, 0.29) is 46.8 Å². The van der Waals surface area contributed by atoms with Crippen molar-refractivity contribution in [3.8, 4) is 0 Å². The van der Waals surface area contributed by atoms with Crippen LogP contribution in [0.25, 0.3) is 0 Å². The van der Waals surface area contributed by atoms with Gasteiger partial charge < -0.3 is 20.5 Å². The molecule has 0 amide bonds. The largest absolute Gasteiger partial charge is 0.396 e. The molecule has 0 radical (unpaired) electrons. The number of halogens is 2. The van der Waals surface area contributed by atoms with Crippen molar-refractivity contribution >= 4 is 62.9 Å². The first kappa shape index (κ1) is 25.9. The van der Waals surface area contributed by atoms with E-state index in [9.17, 15) is 13.5 Å². The van der Waals surface area contributed by atoms with Gasteiger partial charge in [0.15, 0.2) is 5.96 Å². The van der Waals surface area contributed by atoms with Gasteiger partial charge in [-0.3, -0.25) is 4.99 Å². The molecule has 28 heavy (non-hydrogen) atoms. The van der Waals surface area contributed by atoms with E-state index in [2.05, 4.69) is 20.3 Å². The first-order valence-electron chi connectivity index (χ1n) is 8.86. The zero-order chi connectivity index (χ0) is 19.8. The van der Waals surface area contributed by atoms with Crippen LogP contribution in [-0.4, -0.2) is 65.5 Å².